The summed E-state index contributed by atoms with van der Waals surface area (Å²) in [6.07, 6.45) is 1.72. The maximum atomic E-state index is 11.8. The monoisotopic (exact) mass is 277 g/mol. The second-order valence-corrected chi connectivity index (χ2v) is 5.46. The van der Waals surface area contributed by atoms with Gasteiger partial charge in [0.15, 0.2) is 0 Å². The van der Waals surface area contributed by atoms with Crippen molar-refractivity contribution in [3.63, 3.8) is 0 Å². The van der Waals surface area contributed by atoms with Crippen LogP contribution in [0.3, 0.4) is 0 Å². The third-order valence-corrected chi connectivity index (χ3v) is 4.21. The summed E-state index contributed by atoms with van der Waals surface area (Å²) in [6, 6.07) is 0. The van der Waals surface area contributed by atoms with E-state index < -0.39 is 0 Å². The molecule has 15 heavy (non-hydrogen) atoms. The molecule has 1 aliphatic rings. The number of rotatable bonds is 4. The normalized spacial score (nSPS) is 18.9. The van der Waals surface area contributed by atoms with Crippen LogP contribution < -0.4 is 5.32 Å². The van der Waals surface area contributed by atoms with Gasteiger partial charge in [0, 0.05) is 31.0 Å². The SMILES string of the molecule is CC(C)(CBr)CNC(=O)C1CCOCC1. The number of carbonyl (C=O) groups is 1. The van der Waals surface area contributed by atoms with Crippen molar-refractivity contribution in [1.29, 1.82) is 0 Å². The molecule has 3 nitrogen and oxygen atoms in total. The van der Waals surface area contributed by atoms with Crippen molar-refractivity contribution in [2.45, 2.75) is 26.7 Å². The van der Waals surface area contributed by atoms with Gasteiger partial charge in [-0.05, 0) is 18.3 Å². The van der Waals surface area contributed by atoms with E-state index in [1.807, 2.05) is 0 Å². The average molecular weight is 278 g/mol. The molecule has 1 saturated heterocycles. The Labute approximate surface area is 100 Å². The van der Waals surface area contributed by atoms with Crippen LogP contribution in [-0.4, -0.2) is 31.0 Å². The van der Waals surface area contributed by atoms with Gasteiger partial charge in [0.2, 0.25) is 5.91 Å². The second kappa shape index (κ2) is 5.85. The van der Waals surface area contributed by atoms with Crippen LogP contribution in [0.4, 0.5) is 0 Å². The van der Waals surface area contributed by atoms with Gasteiger partial charge in [0.05, 0.1) is 0 Å². The van der Waals surface area contributed by atoms with Crippen LogP contribution in [0.1, 0.15) is 26.7 Å². The first-order valence-corrected chi connectivity index (χ1v) is 6.59. The van der Waals surface area contributed by atoms with Crippen LogP contribution in [0.5, 0.6) is 0 Å². The number of carbonyl (C=O) groups excluding carboxylic acids is 1. The third kappa shape index (κ3) is 4.51. The summed E-state index contributed by atoms with van der Waals surface area (Å²) in [5, 5.41) is 3.92. The van der Waals surface area contributed by atoms with Gasteiger partial charge in [-0.1, -0.05) is 29.8 Å². The number of ether oxygens (including phenoxy) is 1. The van der Waals surface area contributed by atoms with Crippen molar-refractivity contribution < 1.29 is 9.53 Å². The highest BCUT2D eigenvalue weighted by atomic mass is 79.9. The number of alkyl halides is 1. The Morgan fingerprint density at radius 3 is 2.60 bits per heavy atom. The smallest absolute Gasteiger partial charge is 0.223 e. The molecule has 1 heterocycles. The molecule has 88 valence electrons. The summed E-state index contributed by atoms with van der Waals surface area (Å²) in [7, 11) is 0. The molecular weight excluding hydrogens is 258 g/mol. The molecule has 4 heteroatoms. The Balaban J connectivity index is 2.28. The number of amides is 1. The molecule has 1 fully saturated rings. The fourth-order valence-corrected chi connectivity index (χ4v) is 1.68. The Morgan fingerprint density at radius 1 is 1.47 bits per heavy atom. The lowest BCUT2D eigenvalue weighted by molar-refractivity contribution is -0.128. The first-order valence-electron chi connectivity index (χ1n) is 5.46. The Bertz CT molecular complexity index is 213. The number of halogens is 1. The van der Waals surface area contributed by atoms with Crippen LogP contribution in [0.15, 0.2) is 0 Å². The van der Waals surface area contributed by atoms with Gasteiger partial charge in [-0.15, -0.1) is 0 Å². The minimum absolute atomic E-state index is 0.126. The molecule has 0 aromatic rings. The molecule has 1 amide bonds. The van der Waals surface area contributed by atoms with E-state index in [0.29, 0.717) is 0 Å². The summed E-state index contributed by atoms with van der Waals surface area (Å²) in [5.74, 6) is 0.345. The summed E-state index contributed by atoms with van der Waals surface area (Å²) in [6.45, 7) is 6.44. The van der Waals surface area contributed by atoms with E-state index in [2.05, 4.69) is 35.1 Å². The molecule has 0 aromatic carbocycles. The largest absolute Gasteiger partial charge is 0.381 e. The fourth-order valence-electron chi connectivity index (χ4n) is 1.48. The number of hydrogen-bond donors (Lipinski definition) is 1. The summed E-state index contributed by atoms with van der Waals surface area (Å²) in [4.78, 5) is 11.8. The van der Waals surface area contributed by atoms with E-state index in [-0.39, 0.29) is 17.2 Å². The zero-order valence-corrected chi connectivity index (χ0v) is 11.1. The molecule has 0 radical (unpaired) electrons. The summed E-state index contributed by atoms with van der Waals surface area (Å²) in [5.41, 5.74) is 0.126. The van der Waals surface area contributed by atoms with Crippen LogP contribution >= 0.6 is 15.9 Å². The predicted octanol–water partition coefficient (Wildman–Crippen LogP) is 1.95. The molecule has 0 atom stereocenters. The van der Waals surface area contributed by atoms with Crippen molar-refractivity contribution in [1.82, 2.24) is 5.32 Å². The molecular formula is C11H20BrNO2. The van der Waals surface area contributed by atoms with Crippen molar-refractivity contribution in [2.75, 3.05) is 25.1 Å². The van der Waals surface area contributed by atoms with E-state index in [1.165, 1.54) is 0 Å². The zero-order valence-electron chi connectivity index (χ0n) is 9.51. The lowest BCUT2D eigenvalue weighted by Gasteiger charge is -2.25. The van der Waals surface area contributed by atoms with E-state index in [9.17, 15) is 4.79 Å². The van der Waals surface area contributed by atoms with Gasteiger partial charge in [0.1, 0.15) is 0 Å². The molecule has 1 aliphatic heterocycles. The van der Waals surface area contributed by atoms with Crippen LogP contribution in [0.25, 0.3) is 0 Å². The third-order valence-electron chi connectivity index (χ3n) is 2.70. The molecule has 0 aromatic heterocycles. The van der Waals surface area contributed by atoms with E-state index in [0.717, 1.165) is 37.9 Å². The van der Waals surface area contributed by atoms with E-state index in [1.54, 1.807) is 0 Å². The van der Waals surface area contributed by atoms with Gasteiger partial charge in [-0.2, -0.15) is 0 Å². The van der Waals surface area contributed by atoms with Gasteiger partial charge in [-0.3, -0.25) is 4.79 Å². The van der Waals surface area contributed by atoms with Crippen LogP contribution in [-0.2, 0) is 9.53 Å². The van der Waals surface area contributed by atoms with Crippen LogP contribution in [0, 0.1) is 11.3 Å². The number of nitrogens with one attached hydrogen (secondary N) is 1. The maximum Gasteiger partial charge on any atom is 0.223 e. The summed E-state index contributed by atoms with van der Waals surface area (Å²) >= 11 is 3.45. The molecule has 0 saturated carbocycles. The van der Waals surface area contributed by atoms with E-state index in [4.69, 9.17) is 4.74 Å². The number of hydrogen-bond acceptors (Lipinski definition) is 2. The maximum absolute atomic E-state index is 11.8. The minimum Gasteiger partial charge on any atom is -0.381 e. The minimum atomic E-state index is 0.126. The lowest BCUT2D eigenvalue weighted by atomic mass is 9.95. The van der Waals surface area contributed by atoms with Gasteiger partial charge < -0.3 is 10.1 Å². The van der Waals surface area contributed by atoms with Crippen molar-refractivity contribution in [2.24, 2.45) is 11.3 Å². The summed E-state index contributed by atoms with van der Waals surface area (Å²) < 4.78 is 5.23. The topological polar surface area (TPSA) is 38.3 Å². The van der Waals surface area contributed by atoms with Gasteiger partial charge in [-0.25, -0.2) is 0 Å². The standard InChI is InChI=1S/C11H20BrNO2/c1-11(2,7-12)8-13-10(14)9-3-5-15-6-4-9/h9H,3-8H2,1-2H3,(H,13,14). The van der Waals surface area contributed by atoms with Crippen molar-refractivity contribution >= 4 is 21.8 Å². The first-order chi connectivity index (χ1) is 7.05. The Hall–Kier alpha value is -0.0900. The van der Waals surface area contributed by atoms with Gasteiger partial charge in [0.25, 0.3) is 0 Å². The molecule has 1 N–H and O–H groups in total. The van der Waals surface area contributed by atoms with Crippen LogP contribution in [0.2, 0.25) is 0 Å². The molecule has 0 spiro atoms. The molecule has 0 aliphatic carbocycles. The lowest BCUT2D eigenvalue weighted by Crippen LogP contribution is -2.40. The quantitative estimate of drug-likeness (QED) is 0.798. The van der Waals surface area contributed by atoms with E-state index >= 15 is 0 Å². The Morgan fingerprint density at radius 2 is 2.07 bits per heavy atom. The average Bonchev–Trinajstić information content (AvgIpc) is 2.27. The molecule has 1 rings (SSSR count). The predicted molar refractivity (Wildman–Crippen MR) is 64.1 cm³/mol. The Kier molecular flexibility index (Phi) is 5.06. The molecule has 0 bridgehead atoms. The van der Waals surface area contributed by atoms with Gasteiger partial charge >= 0.3 is 0 Å². The highest BCUT2D eigenvalue weighted by molar-refractivity contribution is 9.09. The van der Waals surface area contributed by atoms with Crippen molar-refractivity contribution in [3.05, 3.63) is 0 Å². The zero-order chi connectivity index (χ0) is 11.3. The second-order valence-electron chi connectivity index (χ2n) is 4.90. The fraction of sp³-hybridized carbons (Fsp3) is 0.909. The molecule has 0 unspecified atom stereocenters. The van der Waals surface area contributed by atoms with Crippen molar-refractivity contribution in [3.8, 4) is 0 Å². The first kappa shape index (κ1) is 13.0. The highest BCUT2D eigenvalue weighted by Gasteiger charge is 2.23. The highest BCUT2D eigenvalue weighted by Crippen LogP contribution is 2.18.